The van der Waals surface area contributed by atoms with Gasteiger partial charge in [-0.25, -0.2) is 9.67 Å². The summed E-state index contributed by atoms with van der Waals surface area (Å²) in [7, 11) is 0. The summed E-state index contributed by atoms with van der Waals surface area (Å²) in [5.74, 6) is 2.09. The Bertz CT molecular complexity index is 1250. The smallest absolute Gasteiger partial charge is 0.220 e. The lowest BCUT2D eigenvalue weighted by molar-refractivity contribution is -0.122. The van der Waals surface area contributed by atoms with Crippen LogP contribution in [0.25, 0.3) is 16.7 Å². The second kappa shape index (κ2) is 11.1. The first-order chi connectivity index (χ1) is 17.5. The van der Waals surface area contributed by atoms with Crippen molar-refractivity contribution in [1.82, 2.24) is 30.0 Å². The predicted molar refractivity (Wildman–Crippen MR) is 143 cm³/mol. The number of likely N-dealkylation sites (tertiary alicyclic amines) is 1. The molecule has 0 radical (unpaired) electrons. The third-order valence-corrected chi connectivity index (χ3v) is 6.91. The van der Waals surface area contributed by atoms with Crippen LogP contribution < -0.4 is 5.32 Å². The molecule has 1 saturated heterocycles. The zero-order valence-corrected chi connectivity index (χ0v) is 21.3. The molecule has 5 rings (SSSR count). The minimum atomic E-state index is 0.116. The molecule has 0 saturated carbocycles. The van der Waals surface area contributed by atoms with Crippen molar-refractivity contribution in [2.24, 2.45) is 11.8 Å². The highest BCUT2D eigenvalue weighted by Gasteiger charge is 2.22. The number of nitrogens with one attached hydrogen (secondary N) is 2. The SMILES string of the molecule is CC(C)Cc1cc(CNC(=O)CC2CCN(Cc3nc4ccccc4[nH]3)CC2)nn1-c1ccccc1. The number of H-pyrrole nitrogens is 1. The maximum absolute atomic E-state index is 12.7. The Morgan fingerprint density at radius 2 is 1.83 bits per heavy atom. The third-order valence-electron chi connectivity index (χ3n) is 6.91. The Morgan fingerprint density at radius 1 is 1.08 bits per heavy atom. The Balaban J connectivity index is 1.10. The molecule has 2 aromatic heterocycles. The average Bonchev–Trinajstić information content (AvgIpc) is 3.47. The predicted octanol–water partition coefficient (Wildman–Crippen LogP) is 4.87. The van der Waals surface area contributed by atoms with Crippen LogP contribution in [0.5, 0.6) is 0 Å². The summed E-state index contributed by atoms with van der Waals surface area (Å²) in [6, 6.07) is 20.5. The summed E-state index contributed by atoms with van der Waals surface area (Å²) in [4.78, 5) is 23.3. The molecule has 0 unspecified atom stereocenters. The molecule has 0 aliphatic carbocycles. The van der Waals surface area contributed by atoms with Crippen molar-refractivity contribution in [2.45, 2.75) is 52.6 Å². The number of aromatic nitrogens is 4. The summed E-state index contributed by atoms with van der Waals surface area (Å²) < 4.78 is 2.01. The molecule has 2 N–H and O–H groups in total. The van der Waals surface area contributed by atoms with Crippen LogP contribution in [0.2, 0.25) is 0 Å². The summed E-state index contributed by atoms with van der Waals surface area (Å²) in [5.41, 5.74) is 5.24. The molecule has 0 spiro atoms. The van der Waals surface area contributed by atoms with Gasteiger partial charge in [0.2, 0.25) is 5.91 Å². The minimum Gasteiger partial charge on any atom is -0.350 e. The number of carbonyl (C=O) groups is 1. The van der Waals surface area contributed by atoms with Gasteiger partial charge in [-0.05, 0) is 74.5 Å². The number of rotatable bonds is 9. The van der Waals surface area contributed by atoms with E-state index in [0.29, 0.717) is 24.8 Å². The van der Waals surface area contributed by atoms with Gasteiger partial charge in [-0.1, -0.05) is 44.2 Å². The Kier molecular flexibility index (Phi) is 7.47. The van der Waals surface area contributed by atoms with Crippen molar-refractivity contribution in [3.05, 3.63) is 77.9 Å². The maximum Gasteiger partial charge on any atom is 0.220 e. The number of nitrogens with zero attached hydrogens (tertiary/aromatic N) is 4. The number of para-hydroxylation sites is 3. The number of piperidine rings is 1. The Hall–Kier alpha value is -3.45. The van der Waals surface area contributed by atoms with E-state index in [1.807, 2.05) is 41.1 Å². The quantitative estimate of drug-likeness (QED) is 0.355. The number of hydrogen-bond acceptors (Lipinski definition) is 4. The van der Waals surface area contributed by atoms with Crippen molar-refractivity contribution < 1.29 is 4.79 Å². The highest BCUT2D eigenvalue weighted by molar-refractivity contribution is 5.76. The molecule has 1 amide bonds. The van der Waals surface area contributed by atoms with Crippen molar-refractivity contribution in [3.8, 4) is 5.69 Å². The molecule has 0 atom stereocenters. The fraction of sp³-hybridized carbons (Fsp3) is 0.414. The normalized spacial score (nSPS) is 15.1. The molecule has 36 heavy (non-hydrogen) atoms. The van der Waals surface area contributed by atoms with Crippen LogP contribution in [-0.4, -0.2) is 43.6 Å². The first-order valence-corrected chi connectivity index (χ1v) is 13.1. The Morgan fingerprint density at radius 3 is 2.58 bits per heavy atom. The number of carbonyl (C=O) groups excluding carboxylic acids is 1. The third kappa shape index (κ3) is 6.02. The van der Waals surface area contributed by atoms with E-state index >= 15 is 0 Å². The molecule has 1 fully saturated rings. The first kappa shape index (κ1) is 24.3. The lowest BCUT2D eigenvalue weighted by Crippen LogP contribution is -2.35. The lowest BCUT2D eigenvalue weighted by Gasteiger charge is -2.31. The molecule has 4 aromatic rings. The van der Waals surface area contributed by atoms with E-state index in [1.165, 1.54) is 5.69 Å². The summed E-state index contributed by atoms with van der Waals surface area (Å²) in [6.07, 6.45) is 3.60. The maximum atomic E-state index is 12.7. The van der Waals surface area contributed by atoms with Crippen LogP contribution in [0.3, 0.4) is 0 Å². The van der Waals surface area contributed by atoms with Gasteiger partial charge in [0.25, 0.3) is 0 Å². The second-order valence-electron chi connectivity index (χ2n) is 10.4. The van der Waals surface area contributed by atoms with E-state index in [0.717, 1.165) is 67.1 Å². The average molecular weight is 485 g/mol. The molecular formula is C29H36N6O. The Labute approximate surface area is 212 Å². The van der Waals surface area contributed by atoms with E-state index < -0.39 is 0 Å². The van der Waals surface area contributed by atoms with Gasteiger partial charge < -0.3 is 10.3 Å². The van der Waals surface area contributed by atoms with E-state index in [9.17, 15) is 4.79 Å². The second-order valence-corrected chi connectivity index (χ2v) is 10.4. The molecule has 1 aliphatic rings. The van der Waals surface area contributed by atoms with Crippen LogP contribution in [0.1, 0.15) is 50.3 Å². The van der Waals surface area contributed by atoms with E-state index in [4.69, 9.17) is 10.1 Å². The molecule has 7 nitrogen and oxygen atoms in total. The number of amides is 1. The van der Waals surface area contributed by atoms with Crippen LogP contribution in [0, 0.1) is 11.8 Å². The van der Waals surface area contributed by atoms with Crippen molar-refractivity contribution in [2.75, 3.05) is 13.1 Å². The van der Waals surface area contributed by atoms with Gasteiger partial charge in [-0.2, -0.15) is 5.10 Å². The van der Waals surface area contributed by atoms with Gasteiger partial charge in [0.1, 0.15) is 5.82 Å². The minimum absolute atomic E-state index is 0.116. The van der Waals surface area contributed by atoms with Crippen LogP contribution >= 0.6 is 0 Å². The molecule has 2 aromatic carbocycles. The molecule has 3 heterocycles. The van der Waals surface area contributed by atoms with Gasteiger partial charge in [-0.15, -0.1) is 0 Å². The van der Waals surface area contributed by atoms with Gasteiger partial charge in [0, 0.05) is 12.1 Å². The summed E-state index contributed by atoms with van der Waals surface area (Å²) >= 11 is 0. The monoisotopic (exact) mass is 484 g/mol. The van der Waals surface area contributed by atoms with Gasteiger partial charge in [-0.3, -0.25) is 9.69 Å². The van der Waals surface area contributed by atoms with Gasteiger partial charge >= 0.3 is 0 Å². The van der Waals surface area contributed by atoms with Crippen LogP contribution in [0.4, 0.5) is 0 Å². The fourth-order valence-corrected chi connectivity index (χ4v) is 5.08. The summed E-state index contributed by atoms with van der Waals surface area (Å²) in [5, 5.41) is 7.92. The van der Waals surface area contributed by atoms with Gasteiger partial charge in [0.15, 0.2) is 0 Å². The highest BCUT2D eigenvalue weighted by Crippen LogP contribution is 2.22. The van der Waals surface area contributed by atoms with E-state index in [-0.39, 0.29) is 5.91 Å². The fourth-order valence-electron chi connectivity index (χ4n) is 5.08. The lowest BCUT2D eigenvalue weighted by atomic mass is 9.93. The number of fused-ring (bicyclic) bond motifs is 1. The van der Waals surface area contributed by atoms with E-state index in [2.05, 4.69) is 53.3 Å². The van der Waals surface area contributed by atoms with Gasteiger partial charge in [0.05, 0.1) is 35.5 Å². The number of hydrogen-bond donors (Lipinski definition) is 2. The van der Waals surface area contributed by atoms with Crippen LogP contribution in [0.15, 0.2) is 60.7 Å². The largest absolute Gasteiger partial charge is 0.350 e. The zero-order chi connectivity index (χ0) is 24.9. The topological polar surface area (TPSA) is 78.8 Å². The highest BCUT2D eigenvalue weighted by atomic mass is 16.1. The van der Waals surface area contributed by atoms with Crippen molar-refractivity contribution in [3.63, 3.8) is 0 Å². The summed E-state index contributed by atoms with van der Waals surface area (Å²) in [6.45, 7) is 7.71. The van der Waals surface area contributed by atoms with Crippen LogP contribution in [-0.2, 0) is 24.3 Å². The number of aromatic amines is 1. The molecule has 188 valence electrons. The molecule has 1 aliphatic heterocycles. The molecular weight excluding hydrogens is 448 g/mol. The molecule has 7 heteroatoms. The molecule has 0 bridgehead atoms. The van der Waals surface area contributed by atoms with E-state index in [1.54, 1.807) is 0 Å². The first-order valence-electron chi connectivity index (χ1n) is 13.1. The number of imidazole rings is 1. The van der Waals surface area contributed by atoms with Crippen molar-refractivity contribution in [1.29, 1.82) is 0 Å². The standard InChI is InChI=1S/C29H36N6O/c1-21(2)16-25-18-23(33-35(25)24-8-4-3-5-9-24)19-30-29(36)17-22-12-14-34(15-13-22)20-28-31-26-10-6-7-11-27(26)32-28/h3-11,18,21-22H,12-17,19-20H2,1-2H3,(H,30,36)(H,31,32). The number of benzene rings is 2. The van der Waals surface area contributed by atoms with Crippen molar-refractivity contribution >= 4 is 16.9 Å². The zero-order valence-electron chi connectivity index (χ0n) is 21.3.